The highest BCUT2D eigenvalue weighted by Crippen LogP contribution is 2.10. The van der Waals surface area contributed by atoms with Crippen LogP contribution in [0.25, 0.3) is 6.08 Å². The van der Waals surface area contributed by atoms with Crippen LogP contribution in [0, 0.1) is 6.92 Å². The molecule has 0 spiro atoms. The van der Waals surface area contributed by atoms with Crippen LogP contribution >= 0.6 is 11.8 Å². The number of amides is 1. The number of pyridine rings is 1. The van der Waals surface area contributed by atoms with Crippen LogP contribution in [-0.4, -0.2) is 40.2 Å². The van der Waals surface area contributed by atoms with E-state index in [2.05, 4.69) is 10.3 Å². The van der Waals surface area contributed by atoms with Gasteiger partial charge in [-0.15, -0.1) is 0 Å². The minimum absolute atomic E-state index is 0.0120. The van der Waals surface area contributed by atoms with E-state index in [1.807, 2.05) is 26.2 Å². The number of thioether (sulfide) groups is 1. The zero-order valence-electron chi connectivity index (χ0n) is 11.5. The molecule has 104 valence electrons. The van der Waals surface area contributed by atoms with Crippen LogP contribution in [0.5, 0.6) is 0 Å². The van der Waals surface area contributed by atoms with Crippen molar-refractivity contribution in [2.45, 2.75) is 25.1 Å². The predicted octanol–water partition coefficient (Wildman–Crippen LogP) is 1.63. The normalized spacial score (nSPS) is 14.3. The number of aromatic nitrogens is 1. The number of carbonyl (C=O) groups excluding carboxylic acids is 1. The number of aliphatic hydroxyl groups excluding tert-OH is 1. The molecule has 1 aromatic heterocycles. The van der Waals surface area contributed by atoms with Gasteiger partial charge in [-0.05, 0) is 43.4 Å². The second kappa shape index (κ2) is 7.96. The second-order valence-electron chi connectivity index (χ2n) is 4.38. The molecule has 19 heavy (non-hydrogen) atoms. The van der Waals surface area contributed by atoms with Crippen molar-refractivity contribution in [2.24, 2.45) is 0 Å². The molecular weight excluding hydrogens is 260 g/mol. The van der Waals surface area contributed by atoms with Gasteiger partial charge in [0.15, 0.2) is 0 Å². The molecule has 0 bridgehead atoms. The third-order valence-corrected chi connectivity index (χ3v) is 3.90. The Morgan fingerprint density at radius 3 is 2.89 bits per heavy atom. The number of rotatable bonds is 6. The van der Waals surface area contributed by atoms with Gasteiger partial charge in [0.25, 0.3) is 0 Å². The van der Waals surface area contributed by atoms with E-state index < -0.39 is 0 Å². The van der Waals surface area contributed by atoms with Crippen molar-refractivity contribution in [3.63, 3.8) is 0 Å². The molecule has 0 aromatic carbocycles. The van der Waals surface area contributed by atoms with Crippen molar-refractivity contribution in [1.29, 1.82) is 0 Å². The van der Waals surface area contributed by atoms with E-state index in [1.54, 1.807) is 18.5 Å². The Hall–Kier alpha value is -1.33. The van der Waals surface area contributed by atoms with E-state index in [1.165, 1.54) is 17.8 Å². The van der Waals surface area contributed by atoms with Gasteiger partial charge < -0.3 is 10.4 Å². The van der Waals surface area contributed by atoms with Gasteiger partial charge in [0.2, 0.25) is 5.91 Å². The summed E-state index contributed by atoms with van der Waals surface area (Å²) < 4.78 is 0. The Labute approximate surface area is 118 Å². The summed E-state index contributed by atoms with van der Waals surface area (Å²) in [4.78, 5) is 15.8. The van der Waals surface area contributed by atoms with Gasteiger partial charge in [-0.3, -0.25) is 9.78 Å². The molecule has 1 heterocycles. The SMILES string of the molecule is CSC(CO)C(C)NC(=O)/C=C/c1cncc(C)c1. The summed E-state index contributed by atoms with van der Waals surface area (Å²) in [6.45, 7) is 3.89. The highest BCUT2D eigenvalue weighted by Gasteiger charge is 2.15. The highest BCUT2D eigenvalue weighted by molar-refractivity contribution is 7.99. The number of nitrogens with one attached hydrogen (secondary N) is 1. The maximum Gasteiger partial charge on any atom is 0.244 e. The number of hydrogen-bond donors (Lipinski definition) is 2. The summed E-state index contributed by atoms with van der Waals surface area (Å²) in [5.41, 5.74) is 1.95. The molecule has 1 rings (SSSR count). The molecule has 0 radical (unpaired) electrons. The number of nitrogens with zero attached hydrogens (tertiary/aromatic N) is 1. The zero-order valence-corrected chi connectivity index (χ0v) is 12.3. The maximum atomic E-state index is 11.7. The lowest BCUT2D eigenvalue weighted by atomic mass is 10.2. The van der Waals surface area contributed by atoms with Crippen LogP contribution in [0.2, 0.25) is 0 Å². The van der Waals surface area contributed by atoms with E-state index in [4.69, 9.17) is 5.11 Å². The summed E-state index contributed by atoms with van der Waals surface area (Å²) in [5.74, 6) is -0.165. The van der Waals surface area contributed by atoms with Crippen molar-refractivity contribution >= 4 is 23.7 Å². The number of aryl methyl sites for hydroxylation is 1. The number of aliphatic hydroxyl groups is 1. The summed E-state index contributed by atoms with van der Waals surface area (Å²) in [7, 11) is 0. The molecule has 2 unspecified atom stereocenters. The van der Waals surface area contributed by atoms with Gasteiger partial charge in [0, 0.05) is 29.8 Å². The summed E-state index contributed by atoms with van der Waals surface area (Å²) in [5, 5.41) is 12.0. The first-order chi connectivity index (χ1) is 9.06. The first-order valence-corrected chi connectivity index (χ1v) is 7.39. The van der Waals surface area contributed by atoms with Crippen LogP contribution in [0.1, 0.15) is 18.1 Å². The molecule has 0 saturated carbocycles. The van der Waals surface area contributed by atoms with Crippen LogP contribution in [-0.2, 0) is 4.79 Å². The molecule has 5 heteroatoms. The smallest absolute Gasteiger partial charge is 0.244 e. The monoisotopic (exact) mass is 280 g/mol. The minimum atomic E-state index is -0.165. The Morgan fingerprint density at radius 2 is 2.32 bits per heavy atom. The van der Waals surface area contributed by atoms with Crippen molar-refractivity contribution in [3.8, 4) is 0 Å². The van der Waals surface area contributed by atoms with Gasteiger partial charge >= 0.3 is 0 Å². The van der Waals surface area contributed by atoms with E-state index in [0.29, 0.717) is 0 Å². The van der Waals surface area contributed by atoms with Gasteiger partial charge in [-0.1, -0.05) is 0 Å². The molecular formula is C14H20N2O2S. The lowest BCUT2D eigenvalue weighted by Crippen LogP contribution is -2.40. The molecule has 1 aromatic rings. The average molecular weight is 280 g/mol. The first kappa shape index (κ1) is 15.7. The maximum absolute atomic E-state index is 11.7. The van der Waals surface area contributed by atoms with E-state index >= 15 is 0 Å². The highest BCUT2D eigenvalue weighted by atomic mass is 32.2. The number of carbonyl (C=O) groups is 1. The van der Waals surface area contributed by atoms with E-state index in [-0.39, 0.29) is 23.8 Å². The quantitative estimate of drug-likeness (QED) is 0.778. The summed E-state index contributed by atoms with van der Waals surface area (Å²) in [6, 6.07) is 1.88. The van der Waals surface area contributed by atoms with Gasteiger partial charge in [0.05, 0.1) is 6.61 Å². The lowest BCUT2D eigenvalue weighted by Gasteiger charge is -2.20. The van der Waals surface area contributed by atoms with Crippen LogP contribution in [0.15, 0.2) is 24.5 Å². The third kappa shape index (κ3) is 5.44. The van der Waals surface area contributed by atoms with Crippen molar-refractivity contribution in [1.82, 2.24) is 10.3 Å². The Balaban J connectivity index is 2.55. The van der Waals surface area contributed by atoms with E-state index in [9.17, 15) is 4.79 Å². The molecule has 0 fully saturated rings. The van der Waals surface area contributed by atoms with Crippen LogP contribution < -0.4 is 5.32 Å². The lowest BCUT2D eigenvalue weighted by molar-refractivity contribution is -0.117. The largest absolute Gasteiger partial charge is 0.395 e. The van der Waals surface area contributed by atoms with Crippen molar-refractivity contribution < 1.29 is 9.90 Å². The zero-order chi connectivity index (χ0) is 14.3. The molecule has 2 N–H and O–H groups in total. The third-order valence-electron chi connectivity index (χ3n) is 2.73. The first-order valence-electron chi connectivity index (χ1n) is 6.10. The fourth-order valence-electron chi connectivity index (χ4n) is 1.64. The summed E-state index contributed by atoms with van der Waals surface area (Å²) in [6.07, 6.45) is 8.61. The van der Waals surface area contributed by atoms with Crippen LogP contribution in [0.3, 0.4) is 0 Å². The molecule has 0 saturated heterocycles. The minimum Gasteiger partial charge on any atom is -0.395 e. The van der Waals surface area contributed by atoms with Crippen molar-refractivity contribution in [2.75, 3.05) is 12.9 Å². The van der Waals surface area contributed by atoms with Gasteiger partial charge in [0.1, 0.15) is 0 Å². The molecule has 0 aliphatic heterocycles. The van der Waals surface area contributed by atoms with Crippen LogP contribution in [0.4, 0.5) is 0 Å². The second-order valence-corrected chi connectivity index (χ2v) is 5.46. The fraction of sp³-hybridized carbons (Fsp3) is 0.429. The van der Waals surface area contributed by atoms with Crippen molar-refractivity contribution in [3.05, 3.63) is 35.7 Å². The number of hydrogen-bond acceptors (Lipinski definition) is 4. The molecule has 2 atom stereocenters. The summed E-state index contributed by atoms with van der Waals surface area (Å²) >= 11 is 1.54. The standard InChI is InChI=1S/C14H20N2O2S/c1-10-6-12(8-15-7-10)4-5-14(18)16-11(2)13(9-17)19-3/h4-8,11,13,17H,9H2,1-3H3,(H,16,18)/b5-4+. The Kier molecular flexibility index (Phi) is 6.59. The molecule has 0 aliphatic carbocycles. The molecule has 0 aliphatic rings. The van der Waals surface area contributed by atoms with Gasteiger partial charge in [-0.25, -0.2) is 0 Å². The Morgan fingerprint density at radius 1 is 1.58 bits per heavy atom. The molecule has 1 amide bonds. The fourth-order valence-corrected chi connectivity index (χ4v) is 2.27. The Bertz CT molecular complexity index is 445. The topological polar surface area (TPSA) is 62.2 Å². The molecule has 4 nitrogen and oxygen atoms in total. The predicted molar refractivity (Wildman–Crippen MR) is 80.0 cm³/mol. The average Bonchev–Trinajstić information content (AvgIpc) is 2.38. The van der Waals surface area contributed by atoms with E-state index in [0.717, 1.165) is 11.1 Å². The van der Waals surface area contributed by atoms with Gasteiger partial charge in [-0.2, -0.15) is 11.8 Å².